The molecule has 0 atom stereocenters. The molecule has 1 aromatic carbocycles. The number of carbonyl (C=O) groups excluding carboxylic acids is 2. The Morgan fingerprint density at radius 2 is 1.86 bits per heavy atom. The number of hydrogen-bond donors (Lipinski definition) is 1. The van der Waals surface area contributed by atoms with E-state index in [1.165, 1.54) is 24.5 Å². The molecule has 0 aliphatic carbocycles. The Labute approximate surface area is 124 Å². The number of pyridine rings is 1. The standard InChI is InChI=1S/C15H12F2N2O3/c16-11-1-2-12(13(17)9-11)15(21)22-8-7-19-14(20)10-3-5-18-6-4-10/h1-6,9H,7-8H2,(H,19,20). The molecule has 0 saturated heterocycles. The van der Waals surface area contributed by atoms with Gasteiger partial charge >= 0.3 is 5.97 Å². The van der Waals surface area contributed by atoms with Gasteiger partial charge in [-0.05, 0) is 24.3 Å². The average molecular weight is 306 g/mol. The average Bonchev–Trinajstić information content (AvgIpc) is 2.52. The van der Waals surface area contributed by atoms with Gasteiger partial charge in [0.05, 0.1) is 12.1 Å². The summed E-state index contributed by atoms with van der Waals surface area (Å²) in [5.41, 5.74) is 0.0627. The van der Waals surface area contributed by atoms with Gasteiger partial charge in [0.25, 0.3) is 5.91 Å². The molecule has 114 valence electrons. The zero-order chi connectivity index (χ0) is 15.9. The molecule has 2 aromatic rings. The lowest BCUT2D eigenvalue weighted by Gasteiger charge is -2.07. The van der Waals surface area contributed by atoms with Gasteiger partial charge in [-0.25, -0.2) is 13.6 Å². The molecular weight excluding hydrogens is 294 g/mol. The molecule has 0 aliphatic rings. The van der Waals surface area contributed by atoms with Gasteiger partial charge in [0.2, 0.25) is 0 Å². The Kier molecular flexibility index (Phi) is 5.13. The van der Waals surface area contributed by atoms with Gasteiger partial charge < -0.3 is 10.1 Å². The van der Waals surface area contributed by atoms with Crippen LogP contribution in [0.3, 0.4) is 0 Å². The lowest BCUT2D eigenvalue weighted by Crippen LogP contribution is -2.28. The fraction of sp³-hybridized carbons (Fsp3) is 0.133. The molecule has 2 rings (SSSR count). The maximum atomic E-state index is 13.3. The van der Waals surface area contributed by atoms with Gasteiger partial charge in [-0.1, -0.05) is 0 Å². The fourth-order valence-electron chi connectivity index (χ4n) is 1.65. The summed E-state index contributed by atoms with van der Waals surface area (Å²) in [6.45, 7) is -0.0673. The number of esters is 1. The first-order valence-corrected chi connectivity index (χ1v) is 6.38. The molecular formula is C15H12F2N2O3. The lowest BCUT2D eigenvalue weighted by atomic mass is 10.2. The molecule has 0 bridgehead atoms. The summed E-state index contributed by atoms with van der Waals surface area (Å²) in [5.74, 6) is -3.04. The van der Waals surface area contributed by atoms with E-state index >= 15 is 0 Å². The second-order valence-corrected chi connectivity index (χ2v) is 4.25. The number of ether oxygens (including phenoxy) is 1. The Hall–Kier alpha value is -2.83. The van der Waals surface area contributed by atoms with Crippen molar-refractivity contribution < 1.29 is 23.1 Å². The molecule has 0 saturated carbocycles. The third-order valence-electron chi connectivity index (χ3n) is 2.71. The molecule has 0 fully saturated rings. The van der Waals surface area contributed by atoms with Gasteiger partial charge in [-0.15, -0.1) is 0 Å². The Morgan fingerprint density at radius 3 is 2.55 bits per heavy atom. The van der Waals surface area contributed by atoms with Crippen molar-refractivity contribution in [1.29, 1.82) is 0 Å². The van der Waals surface area contributed by atoms with Crippen molar-refractivity contribution in [2.24, 2.45) is 0 Å². The van der Waals surface area contributed by atoms with Crippen LogP contribution in [0.2, 0.25) is 0 Å². The van der Waals surface area contributed by atoms with E-state index in [0.717, 1.165) is 12.1 Å². The van der Waals surface area contributed by atoms with Crippen molar-refractivity contribution in [1.82, 2.24) is 10.3 Å². The van der Waals surface area contributed by atoms with Crippen LogP contribution >= 0.6 is 0 Å². The lowest BCUT2D eigenvalue weighted by molar-refractivity contribution is 0.0498. The monoisotopic (exact) mass is 306 g/mol. The van der Waals surface area contributed by atoms with Gasteiger partial charge in [-0.3, -0.25) is 9.78 Å². The highest BCUT2D eigenvalue weighted by atomic mass is 19.1. The van der Waals surface area contributed by atoms with Crippen LogP contribution in [0.1, 0.15) is 20.7 Å². The minimum atomic E-state index is -0.995. The van der Waals surface area contributed by atoms with Gasteiger partial charge in [0.15, 0.2) is 0 Å². The first-order valence-electron chi connectivity index (χ1n) is 6.38. The maximum Gasteiger partial charge on any atom is 0.341 e. The van der Waals surface area contributed by atoms with Gasteiger partial charge in [-0.2, -0.15) is 0 Å². The van der Waals surface area contributed by atoms with Crippen LogP contribution in [-0.2, 0) is 4.74 Å². The number of aromatic nitrogens is 1. The summed E-state index contributed by atoms with van der Waals surface area (Å²) in [5, 5.41) is 2.53. The van der Waals surface area contributed by atoms with Crippen molar-refractivity contribution >= 4 is 11.9 Å². The van der Waals surface area contributed by atoms with Gasteiger partial charge in [0.1, 0.15) is 18.2 Å². The topological polar surface area (TPSA) is 68.3 Å². The molecule has 1 aromatic heterocycles. The van der Waals surface area contributed by atoms with E-state index in [2.05, 4.69) is 10.3 Å². The maximum absolute atomic E-state index is 13.3. The molecule has 0 radical (unpaired) electrons. The van der Waals surface area contributed by atoms with E-state index in [0.29, 0.717) is 11.6 Å². The third kappa shape index (κ3) is 4.08. The van der Waals surface area contributed by atoms with Crippen LogP contribution in [0.4, 0.5) is 8.78 Å². The SMILES string of the molecule is O=C(NCCOC(=O)c1ccc(F)cc1F)c1ccncc1. The summed E-state index contributed by atoms with van der Waals surface area (Å²) in [7, 11) is 0. The molecule has 1 amide bonds. The van der Waals surface area contributed by atoms with Crippen LogP contribution in [-0.4, -0.2) is 30.0 Å². The van der Waals surface area contributed by atoms with Crippen LogP contribution in [0.15, 0.2) is 42.7 Å². The van der Waals surface area contributed by atoms with Crippen LogP contribution < -0.4 is 5.32 Å². The quantitative estimate of drug-likeness (QED) is 0.677. The number of carbonyl (C=O) groups is 2. The molecule has 1 N–H and O–H groups in total. The number of rotatable bonds is 5. The summed E-state index contributed by atoms with van der Waals surface area (Å²) in [6.07, 6.45) is 2.96. The molecule has 1 heterocycles. The fourth-order valence-corrected chi connectivity index (χ4v) is 1.65. The summed E-state index contributed by atoms with van der Waals surface area (Å²) < 4.78 is 30.9. The highest BCUT2D eigenvalue weighted by Crippen LogP contribution is 2.10. The van der Waals surface area contributed by atoms with Crippen molar-refractivity contribution in [3.8, 4) is 0 Å². The van der Waals surface area contributed by atoms with Crippen molar-refractivity contribution in [3.63, 3.8) is 0 Å². The highest BCUT2D eigenvalue weighted by Gasteiger charge is 2.13. The Balaban J connectivity index is 1.79. The molecule has 22 heavy (non-hydrogen) atoms. The molecule has 0 aliphatic heterocycles. The second kappa shape index (κ2) is 7.26. The normalized spacial score (nSPS) is 10.1. The predicted octanol–water partition coefficient (Wildman–Crippen LogP) is 1.95. The smallest absolute Gasteiger partial charge is 0.341 e. The summed E-state index contributed by atoms with van der Waals surface area (Å²) in [4.78, 5) is 27.0. The number of nitrogens with one attached hydrogen (secondary N) is 1. The molecule has 0 unspecified atom stereocenters. The summed E-state index contributed by atoms with van der Waals surface area (Å²) >= 11 is 0. The number of hydrogen-bond acceptors (Lipinski definition) is 4. The minimum absolute atomic E-state index is 0.0652. The Morgan fingerprint density at radius 1 is 1.14 bits per heavy atom. The minimum Gasteiger partial charge on any atom is -0.460 e. The van der Waals surface area contributed by atoms with E-state index in [1.54, 1.807) is 0 Å². The van der Waals surface area contributed by atoms with Crippen molar-refractivity contribution in [3.05, 3.63) is 65.5 Å². The predicted molar refractivity (Wildman–Crippen MR) is 73.2 cm³/mol. The first-order chi connectivity index (χ1) is 10.6. The molecule has 0 spiro atoms. The Bertz CT molecular complexity index is 678. The van der Waals surface area contributed by atoms with E-state index in [4.69, 9.17) is 4.74 Å². The van der Waals surface area contributed by atoms with E-state index < -0.39 is 17.6 Å². The van der Waals surface area contributed by atoms with Crippen molar-refractivity contribution in [2.75, 3.05) is 13.2 Å². The highest BCUT2D eigenvalue weighted by molar-refractivity contribution is 5.94. The zero-order valence-electron chi connectivity index (χ0n) is 11.4. The van der Waals surface area contributed by atoms with Gasteiger partial charge in [0, 0.05) is 24.0 Å². The van der Waals surface area contributed by atoms with Crippen LogP contribution in [0, 0.1) is 11.6 Å². The number of nitrogens with zero attached hydrogens (tertiary/aromatic N) is 1. The number of halogens is 2. The second-order valence-electron chi connectivity index (χ2n) is 4.25. The van der Waals surface area contributed by atoms with Crippen LogP contribution in [0.25, 0.3) is 0 Å². The summed E-state index contributed by atoms with van der Waals surface area (Å²) in [6, 6.07) is 5.64. The molecule has 5 nitrogen and oxygen atoms in total. The van der Waals surface area contributed by atoms with E-state index in [9.17, 15) is 18.4 Å². The van der Waals surface area contributed by atoms with Crippen molar-refractivity contribution in [2.45, 2.75) is 0 Å². The number of benzene rings is 1. The van der Waals surface area contributed by atoms with E-state index in [1.807, 2.05) is 0 Å². The third-order valence-corrected chi connectivity index (χ3v) is 2.71. The molecule has 7 heteroatoms. The van der Waals surface area contributed by atoms with E-state index in [-0.39, 0.29) is 24.6 Å². The zero-order valence-corrected chi connectivity index (χ0v) is 11.4. The first kappa shape index (κ1) is 15.6. The largest absolute Gasteiger partial charge is 0.460 e. The number of amides is 1. The van der Waals surface area contributed by atoms with Crippen LogP contribution in [0.5, 0.6) is 0 Å².